The van der Waals surface area contributed by atoms with Crippen molar-refractivity contribution in [2.75, 3.05) is 11.9 Å². The van der Waals surface area contributed by atoms with Crippen molar-refractivity contribution in [3.05, 3.63) is 40.8 Å². The molecule has 2 heterocycles. The van der Waals surface area contributed by atoms with Crippen molar-refractivity contribution in [1.82, 2.24) is 15.3 Å². The molecule has 1 aliphatic rings. The van der Waals surface area contributed by atoms with E-state index >= 15 is 0 Å². The van der Waals surface area contributed by atoms with Gasteiger partial charge >= 0.3 is 0 Å². The lowest BCUT2D eigenvalue weighted by molar-refractivity contribution is -0.125. The summed E-state index contributed by atoms with van der Waals surface area (Å²) in [6.45, 7) is 0.569. The van der Waals surface area contributed by atoms with Crippen molar-refractivity contribution in [1.29, 1.82) is 0 Å². The second kappa shape index (κ2) is 9.66. The SMILES string of the molecule is O=C(CC1(CC(=O)Nc2nccs2)CCCCC1)NCCc1nc2ccccc2s1. The maximum atomic E-state index is 12.7. The summed E-state index contributed by atoms with van der Waals surface area (Å²) >= 11 is 3.08. The zero-order valence-electron chi connectivity index (χ0n) is 16.9. The normalized spacial score (nSPS) is 15.7. The first kappa shape index (κ1) is 20.9. The molecule has 2 aromatic heterocycles. The van der Waals surface area contributed by atoms with Gasteiger partial charge in [0.25, 0.3) is 0 Å². The van der Waals surface area contributed by atoms with E-state index in [1.165, 1.54) is 22.5 Å². The number of hydrogen-bond donors (Lipinski definition) is 2. The van der Waals surface area contributed by atoms with Gasteiger partial charge in [-0.2, -0.15) is 0 Å². The van der Waals surface area contributed by atoms with Crippen LogP contribution in [0.1, 0.15) is 50.0 Å². The molecular weight excluding hydrogens is 416 g/mol. The zero-order valence-corrected chi connectivity index (χ0v) is 18.5. The van der Waals surface area contributed by atoms with Crippen molar-refractivity contribution < 1.29 is 9.59 Å². The van der Waals surface area contributed by atoms with Gasteiger partial charge in [0.05, 0.1) is 15.2 Å². The monoisotopic (exact) mass is 442 g/mol. The van der Waals surface area contributed by atoms with E-state index in [9.17, 15) is 9.59 Å². The first-order valence-electron chi connectivity index (χ1n) is 10.4. The number of hydrogen-bond acceptors (Lipinski definition) is 6. The van der Waals surface area contributed by atoms with Gasteiger partial charge in [0.1, 0.15) is 0 Å². The van der Waals surface area contributed by atoms with Gasteiger partial charge in [0, 0.05) is 37.4 Å². The highest BCUT2D eigenvalue weighted by molar-refractivity contribution is 7.18. The number of fused-ring (bicyclic) bond motifs is 1. The van der Waals surface area contributed by atoms with Gasteiger partial charge < -0.3 is 10.6 Å². The smallest absolute Gasteiger partial charge is 0.226 e. The molecule has 1 fully saturated rings. The number of para-hydroxylation sites is 1. The van der Waals surface area contributed by atoms with E-state index in [2.05, 4.69) is 26.7 Å². The maximum absolute atomic E-state index is 12.7. The van der Waals surface area contributed by atoms with Crippen molar-refractivity contribution >= 4 is 49.8 Å². The third-order valence-electron chi connectivity index (χ3n) is 5.66. The Kier molecular flexibility index (Phi) is 6.74. The molecule has 158 valence electrons. The van der Waals surface area contributed by atoms with Crippen LogP contribution < -0.4 is 10.6 Å². The van der Waals surface area contributed by atoms with E-state index in [4.69, 9.17) is 0 Å². The van der Waals surface area contributed by atoms with Crippen molar-refractivity contribution in [2.24, 2.45) is 5.41 Å². The lowest BCUT2D eigenvalue weighted by Crippen LogP contribution is -2.36. The van der Waals surface area contributed by atoms with Crippen LogP contribution in [0.2, 0.25) is 0 Å². The van der Waals surface area contributed by atoms with Crippen LogP contribution in [0, 0.1) is 5.41 Å². The summed E-state index contributed by atoms with van der Waals surface area (Å²) in [7, 11) is 0. The van der Waals surface area contributed by atoms with Gasteiger partial charge in [-0.15, -0.1) is 22.7 Å². The number of nitrogens with zero attached hydrogens (tertiary/aromatic N) is 2. The highest BCUT2D eigenvalue weighted by atomic mass is 32.1. The standard InChI is InChI=1S/C22H26N4O2S2/c27-18(23-11-8-20-25-16-6-2-3-7-17(16)30-20)14-22(9-4-1-5-10-22)15-19(28)26-21-24-12-13-29-21/h2-3,6-7,12-13H,1,4-5,8-11,14-15H2,(H,23,27)(H,24,26,28). The summed E-state index contributed by atoms with van der Waals surface area (Å²) in [4.78, 5) is 34.0. The van der Waals surface area contributed by atoms with E-state index in [1.807, 2.05) is 23.6 Å². The summed E-state index contributed by atoms with van der Waals surface area (Å²) < 4.78 is 1.17. The Balaban J connectivity index is 1.30. The molecule has 0 radical (unpaired) electrons. The number of nitrogens with one attached hydrogen (secondary N) is 2. The van der Waals surface area contributed by atoms with Gasteiger partial charge in [-0.05, 0) is 30.4 Å². The van der Waals surface area contributed by atoms with E-state index in [0.717, 1.165) is 42.6 Å². The van der Waals surface area contributed by atoms with Crippen LogP contribution in [0.15, 0.2) is 35.8 Å². The largest absolute Gasteiger partial charge is 0.356 e. The lowest BCUT2D eigenvalue weighted by Gasteiger charge is -2.36. The molecule has 2 amide bonds. The first-order valence-corrected chi connectivity index (χ1v) is 12.1. The molecule has 30 heavy (non-hydrogen) atoms. The number of amides is 2. The predicted molar refractivity (Wildman–Crippen MR) is 122 cm³/mol. The Bertz CT molecular complexity index is 961. The molecule has 1 saturated carbocycles. The van der Waals surface area contributed by atoms with Crippen LogP contribution in [0.3, 0.4) is 0 Å². The lowest BCUT2D eigenvalue weighted by atomic mass is 9.69. The molecule has 2 N–H and O–H groups in total. The molecule has 0 aliphatic heterocycles. The quantitative estimate of drug-likeness (QED) is 0.526. The predicted octanol–water partition coefficient (Wildman–Crippen LogP) is 4.78. The fourth-order valence-electron chi connectivity index (χ4n) is 4.25. The summed E-state index contributed by atoms with van der Waals surface area (Å²) in [5.41, 5.74) is 0.760. The summed E-state index contributed by atoms with van der Waals surface area (Å²) in [5, 5.41) is 9.42. The van der Waals surface area contributed by atoms with E-state index < -0.39 is 0 Å². The van der Waals surface area contributed by atoms with Gasteiger partial charge in [0.2, 0.25) is 11.8 Å². The molecule has 0 atom stereocenters. The first-order chi connectivity index (χ1) is 14.6. The summed E-state index contributed by atoms with van der Waals surface area (Å²) in [6, 6.07) is 8.08. The fraction of sp³-hybridized carbons (Fsp3) is 0.455. The number of carbonyl (C=O) groups is 2. The molecule has 1 aliphatic carbocycles. The Morgan fingerprint density at radius 2 is 1.87 bits per heavy atom. The van der Waals surface area contributed by atoms with Crippen molar-refractivity contribution in [3.8, 4) is 0 Å². The Morgan fingerprint density at radius 1 is 1.07 bits per heavy atom. The van der Waals surface area contributed by atoms with Crippen LogP contribution >= 0.6 is 22.7 Å². The van der Waals surface area contributed by atoms with Gasteiger partial charge in [0.15, 0.2) is 5.13 Å². The number of thiazole rings is 2. The number of aromatic nitrogens is 2. The van der Waals surface area contributed by atoms with E-state index in [-0.39, 0.29) is 17.2 Å². The van der Waals surface area contributed by atoms with Crippen molar-refractivity contribution in [2.45, 2.75) is 51.4 Å². The van der Waals surface area contributed by atoms with Crippen molar-refractivity contribution in [3.63, 3.8) is 0 Å². The number of carbonyl (C=O) groups excluding carboxylic acids is 2. The molecule has 0 saturated heterocycles. The highest BCUT2D eigenvalue weighted by Gasteiger charge is 2.36. The molecule has 0 bridgehead atoms. The number of benzene rings is 1. The molecule has 8 heteroatoms. The average molecular weight is 443 g/mol. The van der Waals surface area contributed by atoms with Crippen LogP contribution in [0.5, 0.6) is 0 Å². The van der Waals surface area contributed by atoms with Crippen LogP contribution in [-0.2, 0) is 16.0 Å². The van der Waals surface area contributed by atoms with E-state index in [1.54, 1.807) is 17.5 Å². The number of rotatable bonds is 8. The molecule has 4 rings (SSSR count). The topological polar surface area (TPSA) is 84.0 Å². The highest BCUT2D eigenvalue weighted by Crippen LogP contribution is 2.42. The third kappa shape index (κ3) is 5.43. The molecule has 6 nitrogen and oxygen atoms in total. The molecular formula is C22H26N4O2S2. The summed E-state index contributed by atoms with van der Waals surface area (Å²) in [5.74, 6) is -0.0193. The minimum atomic E-state index is -0.250. The Labute approximate surface area is 184 Å². The number of anilines is 1. The van der Waals surface area contributed by atoms with Crippen LogP contribution in [0.4, 0.5) is 5.13 Å². The van der Waals surface area contributed by atoms with Gasteiger partial charge in [-0.25, -0.2) is 9.97 Å². The third-order valence-corrected chi connectivity index (χ3v) is 7.45. The molecule has 1 aromatic carbocycles. The van der Waals surface area contributed by atoms with Crippen LogP contribution in [-0.4, -0.2) is 28.3 Å². The molecule has 0 spiro atoms. The second-order valence-electron chi connectivity index (χ2n) is 7.97. The maximum Gasteiger partial charge on any atom is 0.226 e. The van der Waals surface area contributed by atoms with Crippen LogP contribution in [0.25, 0.3) is 10.2 Å². The zero-order chi connectivity index (χ0) is 20.8. The fourth-order valence-corrected chi connectivity index (χ4v) is 5.76. The van der Waals surface area contributed by atoms with E-state index in [0.29, 0.717) is 24.5 Å². The Morgan fingerprint density at radius 3 is 2.63 bits per heavy atom. The minimum Gasteiger partial charge on any atom is -0.356 e. The van der Waals surface area contributed by atoms with Gasteiger partial charge in [-0.1, -0.05) is 31.4 Å². The molecule has 0 unspecified atom stereocenters. The molecule has 3 aromatic rings. The second-order valence-corrected chi connectivity index (χ2v) is 9.98. The summed E-state index contributed by atoms with van der Waals surface area (Å²) in [6.07, 6.45) is 8.34. The average Bonchev–Trinajstić information content (AvgIpc) is 3.37. The minimum absolute atomic E-state index is 0.0278. The van der Waals surface area contributed by atoms with Gasteiger partial charge in [-0.3, -0.25) is 9.59 Å². The Hall–Kier alpha value is -2.32.